The number of pyridine rings is 1. The highest BCUT2D eigenvalue weighted by Crippen LogP contribution is 2.32. The molecule has 0 saturated carbocycles. The normalized spacial score (nSPS) is 13.2. The molecule has 3 heterocycles. The maximum Gasteiger partial charge on any atom is 0.332 e. The van der Waals surface area contributed by atoms with Gasteiger partial charge in [-0.15, -0.1) is 0 Å². The Morgan fingerprint density at radius 3 is 2.62 bits per heavy atom. The smallest absolute Gasteiger partial charge is 0.332 e. The first-order valence-corrected chi connectivity index (χ1v) is 7.30. The topological polar surface area (TPSA) is 101 Å². The van der Waals surface area contributed by atoms with Gasteiger partial charge < -0.3 is 14.9 Å². The summed E-state index contributed by atoms with van der Waals surface area (Å²) in [6, 6.07) is 3.68. The van der Waals surface area contributed by atoms with Crippen LogP contribution in [0.25, 0.3) is 0 Å². The zero-order chi connectivity index (χ0) is 17.4. The molecule has 0 bridgehead atoms. The second-order valence-electron chi connectivity index (χ2n) is 5.67. The average molecular weight is 331 g/mol. The lowest BCUT2D eigenvalue weighted by atomic mass is 10.2. The van der Waals surface area contributed by atoms with E-state index in [9.17, 15) is 14.4 Å². The van der Waals surface area contributed by atoms with E-state index in [1.165, 1.54) is 16.5 Å². The summed E-state index contributed by atoms with van der Waals surface area (Å²) in [6.07, 6.45) is 3.35. The summed E-state index contributed by atoms with van der Waals surface area (Å²) in [7, 11) is 2.95. The highest BCUT2D eigenvalue weighted by Gasteiger charge is 2.33. The number of aromatic nitrogens is 3. The van der Waals surface area contributed by atoms with Gasteiger partial charge in [-0.1, -0.05) is 6.07 Å². The fourth-order valence-corrected chi connectivity index (χ4v) is 2.93. The number of nitrogens with zero attached hydrogens (tertiary/aromatic N) is 5. The van der Waals surface area contributed by atoms with E-state index in [2.05, 4.69) is 4.98 Å². The highest BCUT2D eigenvalue weighted by molar-refractivity contribution is 5.80. The van der Waals surface area contributed by atoms with Gasteiger partial charge in [0.05, 0.1) is 6.67 Å². The van der Waals surface area contributed by atoms with E-state index in [0.29, 0.717) is 12.4 Å². The number of aliphatic carboxylic acids is 1. The molecule has 126 valence electrons. The van der Waals surface area contributed by atoms with Gasteiger partial charge in [0.25, 0.3) is 5.56 Å². The van der Waals surface area contributed by atoms with Gasteiger partial charge in [-0.3, -0.25) is 23.7 Å². The Balaban J connectivity index is 2.12. The first-order chi connectivity index (χ1) is 11.4. The minimum absolute atomic E-state index is 0.211. The second-order valence-corrected chi connectivity index (χ2v) is 5.67. The van der Waals surface area contributed by atoms with Crippen molar-refractivity contribution in [3.05, 3.63) is 50.9 Å². The molecule has 2 aromatic rings. The van der Waals surface area contributed by atoms with Crippen molar-refractivity contribution in [3.8, 4) is 0 Å². The lowest BCUT2D eigenvalue weighted by Gasteiger charge is -2.21. The fourth-order valence-electron chi connectivity index (χ4n) is 2.93. The standard InChI is InChI=1S/C15H17N5O4/c1-17-13-12(14(23)18(2)15(17)24)19(8-11(21)22)9-20(13)7-10-4-3-5-16-6-10/h3-6H,7-9H2,1-2H3,(H,21,22). The van der Waals surface area contributed by atoms with Crippen LogP contribution < -0.4 is 21.0 Å². The third-order valence-electron chi connectivity index (χ3n) is 3.99. The number of carbonyl (C=O) groups is 1. The van der Waals surface area contributed by atoms with Crippen molar-refractivity contribution in [2.24, 2.45) is 14.1 Å². The van der Waals surface area contributed by atoms with Gasteiger partial charge in [0, 0.05) is 33.0 Å². The predicted octanol–water partition coefficient (Wildman–Crippen LogP) is -0.652. The van der Waals surface area contributed by atoms with Crippen LogP contribution in [0.5, 0.6) is 0 Å². The molecule has 0 aliphatic carbocycles. The summed E-state index contributed by atoms with van der Waals surface area (Å²) in [6.45, 7) is 0.310. The lowest BCUT2D eigenvalue weighted by Crippen LogP contribution is -2.40. The van der Waals surface area contributed by atoms with Gasteiger partial charge in [0.2, 0.25) is 0 Å². The van der Waals surface area contributed by atoms with Crippen molar-refractivity contribution in [1.29, 1.82) is 0 Å². The zero-order valence-corrected chi connectivity index (χ0v) is 13.3. The van der Waals surface area contributed by atoms with Gasteiger partial charge >= 0.3 is 11.7 Å². The summed E-state index contributed by atoms with van der Waals surface area (Å²) in [5.74, 6) is -0.617. The van der Waals surface area contributed by atoms with Crippen LogP contribution in [0.2, 0.25) is 0 Å². The van der Waals surface area contributed by atoms with E-state index >= 15 is 0 Å². The van der Waals surface area contributed by atoms with Gasteiger partial charge in [-0.05, 0) is 11.6 Å². The predicted molar refractivity (Wildman–Crippen MR) is 87.2 cm³/mol. The zero-order valence-electron chi connectivity index (χ0n) is 13.3. The largest absolute Gasteiger partial charge is 0.480 e. The third kappa shape index (κ3) is 2.53. The van der Waals surface area contributed by atoms with E-state index in [1.807, 2.05) is 6.07 Å². The van der Waals surface area contributed by atoms with Gasteiger partial charge in [-0.25, -0.2) is 4.79 Å². The Morgan fingerprint density at radius 2 is 2.00 bits per heavy atom. The highest BCUT2D eigenvalue weighted by atomic mass is 16.4. The molecule has 24 heavy (non-hydrogen) atoms. The Hall–Kier alpha value is -3.10. The number of carboxylic acid groups (broad SMARTS) is 1. The van der Waals surface area contributed by atoms with Crippen LogP contribution in [0.15, 0.2) is 34.1 Å². The Kier molecular flexibility index (Phi) is 3.84. The van der Waals surface area contributed by atoms with Crippen molar-refractivity contribution in [3.63, 3.8) is 0 Å². The van der Waals surface area contributed by atoms with Crippen LogP contribution in [0.4, 0.5) is 11.5 Å². The summed E-state index contributed by atoms with van der Waals surface area (Å²) in [4.78, 5) is 43.2. The quantitative estimate of drug-likeness (QED) is 0.794. The molecule has 9 heteroatoms. The summed E-state index contributed by atoms with van der Waals surface area (Å²) in [5, 5.41) is 9.11. The molecule has 1 aliphatic rings. The SMILES string of the molecule is Cn1c2c(c(=O)n(C)c1=O)N(CC(=O)O)CN2Cc1cccnc1. The minimum atomic E-state index is -1.04. The molecule has 9 nitrogen and oxygen atoms in total. The molecular formula is C15H17N5O4. The van der Waals surface area contributed by atoms with Crippen LogP contribution in [-0.2, 0) is 25.4 Å². The molecule has 0 amide bonds. The monoisotopic (exact) mass is 331 g/mol. The summed E-state index contributed by atoms with van der Waals surface area (Å²) < 4.78 is 2.36. The Labute approximate surface area is 137 Å². The summed E-state index contributed by atoms with van der Waals surface area (Å²) in [5.41, 5.74) is 0.176. The van der Waals surface area contributed by atoms with Crippen LogP contribution in [0.3, 0.4) is 0 Å². The number of carboxylic acids is 1. The number of hydrogen-bond acceptors (Lipinski definition) is 6. The molecule has 2 aromatic heterocycles. The molecule has 0 aromatic carbocycles. The molecule has 1 N–H and O–H groups in total. The maximum atomic E-state index is 12.5. The molecule has 0 saturated heterocycles. The van der Waals surface area contributed by atoms with Crippen molar-refractivity contribution in [2.75, 3.05) is 23.0 Å². The molecular weight excluding hydrogens is 314 g/mol. The van der Waals surface area contributed by atoms with Crippen molar-refractivity contribution in [2.45, 2.75) is 6.54 Å². The van der Waals surface area contributed by atoms with Gasteiger partial charge in [0.15, 0.2) is 0 Å². The summed E-state index contributed by atoms with van der Waals surface area (Å²) >= 11 is 0. The molecule has 0 unspecified atom stereocenters. The van der Waals surface area contributed by atoms with E-state index in [0.717, 1.165) is 10.1 Å². The number of hydrogen-bond donors (Lipinski definition) is 1. The molecule has 1 aliphatic heterocycles. The molecule has 0 atom stereocenters. The van der Waals surface area contributed by atoms with Gasteiger partial charge in [-0.2, -0.15) is 0 Å². The number of rotatable bonds is 4. The van der Waals surface area contributed by atoms with Crippen LogP contribution >= 0.6 is 0 Å². The minimum Gasteiger partial charge on any atom is -0.480 e. The van der Waals surface area contributed by atoms with Crippen molar-refractivity contribution < 1.29 is 9.90 Å². The Morgan fingerprint density at radius 1 is 1.25 bits per heavy atom. The van der Waals surface area contributed by atoms with Crippen molar-refractivity contribution in [1.82, 2.24) is 14.1 Å². The van der Waals surface area contributed by atoms with E-state index < -0.39 is 17.2 Å². The molecule has 0 spiro atoms. The third-order valence-corrected chi connectivity index (χ3v) is 3.99. The maximum absolute atomic E-state index is 12.5. The van der Waals surface area contributed by atoms with Gasteiger partial charge in [0.1, 0.15) is 18.1 Å². The van der Waals surface area contributed by atoms with E-state index in [1.54, 1.807) is 30.4 Å². The van der Waals surface area contributed by atoms with Crippen LogP contribution in [0.1, 0.15) is 5.56 Å². The first kappa shape index (κ1) is 15.8. The van der Waals surface area contributed by atoms with E-state index in [4.69, 9.17) is 5.11 Å². The molecule has 0 radical (unpaired) electrons. The number of fused-ring (bicyclic) bond motifs is 1. The molecule has 3 rings (SSSR count). The first-order valence-electron chi connectivity index (χ1n) is 7.30. The van der Waals surface area contributed by atoms with Crippen molar-refractivity contribution >= 4 is 17.5 Å². The average Bonchev–Trinajstić information content (AvgIpc) is 2.89. The van der Waals surface area contributed by atoms with E-state index in [-0.39, 0.29) is 18.9 Å². The number of anilines is 2. The second kappa shape index (κ2) is 5.84. The van der Waals surface area contributed by atoms with Crippen LogP contribution in [0, 0.1) is 0 Å². The fraction of sp³-hybridized carbons (Fsp3) is 0.333. The molecule has 0 fully saturated rings. The van der Waals surface area contributed by atoms with Crippen LogP contribution in [-0.4, -0.2) is 38.4 Å². The lowest BCUT2D eigenvalue weighted by molar-refractivity contribution is -0.135. The Bertz CT molecular complexity index is 903.